The Hall–Kier alpha value is -1.06. The van der Waals surface area contributed by atoms with Gasteiger partial charge in [-0.15, -0.1) is 0 Å². The molecule has 1 unspecified atom stereocenters. The third-order valence-corrected chi connectivity index (χ3v) is 3.55. The molecular weight excluding hydrogens is 254 g/mol. The molecule has 20 heavy (non-hydrogen) atoms. The van der Waals surface area contributed by atoms with E-state index < -0.39 is 5.60 Å². The van der Waals surface area contributed by atoms with E-state index in [-0.39, 0.29) is 18.2 Å². The standard InChI is InChI=1S/C16H29NO3/c1-12(2)10-14(11-18)17(13-8-6-7-9-13)15(19)20-16(3,4)5/h11-14H,6-10H2,1-5H3. The fourth-order valence-electron chi connectivity index (χ4n) is 2.77. The van der Waals surface area contributed by atoms with Crippen LogP contribution in [0, 0.1) is 5.92 Å². The average molecular weight is 283 g/mol. The van der Waals surface area contributed by atoms with E-state index in [0.29, 0.717) is 12.3 Å². The molecule has 1 aliphatic carbocycles. The van der Waals surface area contributed by atoms with Crippen molar-refractivity contribution in [3.05, 3.63) is 0 Å². The second-order valence-electron chi connectivity index (χ2n) is 7.16. The Morgan fingerprint density at radius 3 is 2.25 bits per heavy atom. The first-order valence-electron chi connectivity index (χ1n) is 7.71. The number of rotatable bonds is 5. The Bertz CT molecular complexity index is 327. The average Bonchev–Trinajstić information content (AvgIpc) is 2.78. The summed E-state index contributed by atoms with van der Waals surface area (Å²) in [4.78, 5) is 25.6. The normalized spacial score (nSPS) is 18.1. The zero-order chi connectivity index (χ0) is 15.3. The lowest BCUT2D eigenvalue weighted by Crippen LogP contribution is -2.49. The third-order valence-electron chi connectivity index (χ3n) is 3.55. The van der Waals surface area contributed by atoms with Crippen molar-refractivity contribution in [2.24, 2.45) is 5.92 Å². The first kappa shape index (κ1) is 17.0. The molecule has 0 spiro atoms. The zero-order valence-electron chi connectivity index (χ0n) is 13.5. The molecule has 0 bridgehead atoms. The molecule has 4 heteroatoms. The lowest BCUT2D eigenvalue weighted by Gasteiger charge is -2.35. The van der Waals surface area contributed by atoms with Gasteiger partial charge in [0.15, 0.2) is 0 Å². The zero-order valence-corrected chi connectivity index (χ0v) is 13.5. The van der Waals surface area contributed by atoms with Crippen LogP contribution in [0.4, 0.5) is 4.79 Å². The number of hydrogen-bond acceptors (Lipinski definition) is 3. The maximum Gasteiger partial charge on any atom is 0.411 e. The summed E-state index contributed by atoms with van der Waals surface area (Å²) < 4.78 is 5.50. The number of amides is 1. The minimum atomic E-state index is -0.529. The molecule has 1 atom stereocenters. The molecule has 4 nitrogen and oxygen atoms in total. The summed E-state index contributed by atoms with van der Waals surface area (Å²) in [5.74, 6) is 0.372. The van der Waals surface area contributed by atoms with Gasteiger partial charge in [0, 0.05) is 6.04 Å². The lowest BCUT2D eigenvalue weighted by molar-refractivity contribution is -0.114. The summed E-state index contributed by atoms with van der Waals surface area (Å²) in [5.41, 5.74) is -0.529. The predicted octanol–water partition coefficient (Wildman–Crippen LogP) is 3.78. The van der Waals surface area contributed by atoms with Crippen LogP contribution in [0.15, 0.2) is 0 Å². The van der Waals surface area contributed by atoms with Crippen LogP contribution in [0.5, 0.6) is 0 Å². The minimum Gasteiger partial charge on any atom is -0.444 e. The van der Waals surface area contributed by atoms with Crippen molar-refractivity contribution in [1.29, 1.82) is 0 Å². The maximum atomic E-state index is 12.5. The third kappa shape index (κ3) is 5.14. The van der Waals surface area contributed by atoms with Crippen molar-refractivity contribution in [3.63, 3.8) is 0 Å². The smallest absolute Gasteiger partial charge is 0.411 e. The SMILES string of the molecule is CC(C)CC(C=O)N(C(=O)OC(C)(C)C)C1CCCC1. The van der Waals surface area contributed by atoms with Crippen molar-refractivity contribution >= 4 is 12.4 Å². The van der Waals surface area contributed by atoms with E-state index >= 15 is 0 Å². The fraction of sp³-hybridized carbons (Fsp3) is 0.875. The van der Waals surface area contributed by atoms with Gasteiger partial charge in [0.25, 0.3) is 0 Å². The van der Waals surface area contributed by atoms with E-state index in [9.17, 15) is 9.59 Å². The van der Waals surface area contributed by atoms with E-state index in [2.05, 4.69) is 13.8 Å². The minimum absolute atomic E-state index is 0.152. The van der Waals surface area contributed by atoms with Gasteiger partial charge in [0.1, 0.15) is 11.9 Å². The quantitative estimate of drug-likeness (QED) is 0.721. The van der Waals surface area contributed by atoms with Crippen LogP contribution in [-0.4, -0.2) is 35.0 Å². The van der Waals surface area contributed by atoms with Crippen LogP contribution in [0.2, 0.25) is 0 Å². The molecule has 0 saturated heterocycles. The van der Waals surface area contributed by atoms with Crippen LogP contribution >= 0.6 is 0 Å². The first-order chi connectivity index (χ1) is 9.24. The van der Waals surface area contributed by atoms with Crippen LogP contribution < -0.4 is 0 Å². The highest BCUT2D eigenvalue weighted by Crippen LogP contribution is 2.28. The summed E-state index contributed by atoms with van der Waals surface area (Å²) in [6.07, 6.45) is 5.45. The molecule has 1 saturated carbocycles. The van der Waals surface area contributed by atoms with Gasteiger partial charge in [-0.05, 0) is 46.0 Å². The first-order valence-corrected chi connectivity index (χ1v) is 7.71. The molecule has 0 aromatic rings. The molecule has 0 aliphatic heterocycles. The number of ether oxygens (including phenoxy) is 1. The Balaban J connectivity index is 2.88. The molecule has 0 heterocycles. The monoisotopic (exact) mass is 283 g/mol. The highest BCUT2D eigenvalue weighted by Gasteiger charge is 2.35. The molecule has 1 aliphatic rings. The molecule has 0 N–H and O–H groups in total. The van der Waals surface area contributed by atoms with Gasteiger partial charge in [0.2, 0.25) is 0 Å². The second kappa shape index (κ2) is 7.09. The summed E-state index contributed by atoms with van der Waals surface area (Å²) in [6, 6.07) is -0.216. The summed E-state index contributed by atoms with van der Waals surface area (Å²) in [7, 11) is 0. The van der Waals surface area contributed by atoms with Crippen molar-refractivity contribution in [2.45, 2.75) is 84.4 Å². The van der Waals surface area contributed by atoms with E-state index in [1.54, 1.807) is 4.90 Å². The molecule has 1 rings (SSSR count). The van der Waals surface area contributed by atoms with Gasteiger partial charge >= 0.3 is 6.09 Å². The van der Waals surface area contributed by atoms with Crippen molar-refractivity contribution < 1.29 is 14.3 Å². The van der Waals surface area contributed by atoms with E-state index in [1.807, 2.05) is 20.8 Å². The molecule has 0 aromatic carbocycles. The van der Waals surface area contributed by atoms with Crippen LogP contribution in [0.3, 0.4) is 0 Å². The van der Waals surface area contributed by atoms with Crippen molar-refractivity contribution in [3.8, 4) is 0 Å². The highest BCUT2D eigenvalue weighted by molar-refractivity contribution is 5.74. The van der Waals surface area contributed by atoms with Crippen LogP contribution in [-0.2, 0) is 9.53 Å². The Labute approximate surface area is 122 Å². The van der Waals surface area contributed by atoms with E-state index in [1.165, 1.54) is 0 Å². The summed E-state index contributed by atoms with van der Waals surface area (Å²) in [5, 5.41) is 0. The Morgan fingerprint density at radius 2 is 1.85 bits per heavy atom. The number of carbonyl (C=O) groups is 2. The number of aldehydes is 1. The van der Waals surface area contributed by atoms with Gasteiger partial charge in [0.05, 0.1) is 6.04 Å². The molecule has 116 valence electrons. The Morgan fingerprint density at radius 1 is 1.30 bits per heavy atom. The van der Waals surface area contributed by atoms with E-state index in [4.69, 9.17) is 4.74 Å². The molecule has 1 fully saturated rings. The molecular formula is C16H29NO3. The van der Waals surface area contributed by atoms with Crippen molar-refractivity contribution in [1.82, 2.24) is 4.90 Å². The number of carbonyl (C=O) groups excluding carboxylic acids is 2. The van der Waals surface area contributed by atoms with Gasteiger partial charge in [-0.2, -0.15) is 0 Å². The largest absolute Gasteiger partial charge is 0.444 e. The predicted molar refractivity (Wildman–Crippen MR) is 79.6 cm³/mol. The lowest BCUT2D eigenvalue weighted by atomic mass is 10.0. The summed E-state index contributed by atoms with van der Waals surface area (Å²) in [6.45, 7) is 9.71. The van der Waals surface area contributed by atoms with Crippen molar-refractivity contribution in [2.75, 3.05) is 0 Å². The summed E-state index contributed by atoms with van der Waals surface area (Å²) >= 11 is 0. The topological polar surface area (TPSA) is 46.6 Å². The van der Waals surface area contributed by atoms with Gasteiger partial charge in [-0.1, -0.05) is 26.7 Å². The highest BCUT2D eigenvalue weighted by atomic mass is 16.6. The molecule has 0 radical (unpaired) electrons. The van der Waals surface area contributed by atoms with Crippen LogP contribution in [0.1, 0.15) is 66.7 Å². The van der Waals surface area contributed by atoms with E-state index in [0.717, 1.165) is 32.0 Å². The fourth-order valence-corrected chi connectivity index (χ4v) is 2.77. The number of nitrogens with zero attached hydrogens (tertiary/aromatic N) is 1. The van der Waals surface area contributed by atoms with Gasteiger partial charge in [-0.25, -0.2) is 4.79 Å². The molecule has 1 amide bonds. The van der Waals surface area contributed by atoms with Crippen LogP contribution in [0.25, 0.3) is 0 Å². The Kier molecular flexibility index (Phi) is 6.03. The maximum absolute atomic E-state index is 12.5. The van der Waals surface area contributed by atoms with Gasteiger partial charge < -0.3 is 9.53 Å². The van der Waals surface area contributed by atoms with Gasteiger partial charge in [-0.3, -0.25) is 4.90 Å². The molecule has 0 aromatic heterocycles. The number of hydrogen-bond donors (Lipinski definition) is 0. The second-order valence-corrected chi connectivity index (χ2v) is 7.16.